The van der Waals surface area contributed by atoms with E-state index in [1.54, 1.807) is 7.05 Å². The summed E-state index contributed by atoms with van der Waals surface area (Å²) in [5, 5.41) is 4.04. The molecule has 26 heavy (non-hydrogen) atoms. The summed E-state index contributed by atoms with van der Waals surface area (Å²) >= 11 is 0.902. The van der Waals surface area contributed by atoms with E-state index in [2.05, 4.69) is 28.7 Å². The highest BCUT2D eigenvalue weighted by Crippen LogP contribution is 2.24. The molecule has 1 unspecified atom stereocenters. The summed E-state index contributed by atoms with van der Waals surface area (Å²) in [4.78, 5) is 15.2. The maximum absolute atomic E-state index is 12.8. The van der Waals surface area contributed by atoms with E-state index in [1.807, 2.05) is 6.92 Å². The van der Waals surface area contributed by atoms with Gasteiger partial charge in [0.05, 0.1) is 0 Å². The summed E-state index contributed by atoms with van der Waals surface area (Å²) in [7, 11) is -2.18. The maximum Gasteiger partial charge on any atom is 0.270 e. The monoisotopic (exact) mass is 404 g/mol. The molecule has 1 aromatic rings. The fourth-order valence-corrected chi connectivity index (χ4v) is 5.56. The van der Waals surface area contributed by atoms with Crippen molar-refractivity contribution in [1.29, 1.82) is 0 Å². The zero-order valence-electron chi connectivity index (χ0n) is 16.5. The molecule has 9 heteroatoms. The van der Waals surface area contributed by atoms with Crippen LogP contribution in [0.2, 0.25) is 0 Å². The largest absolute Gasteiger partial charge is 0.273 e. The van der Waals surface area contributed by atoms with E-state index < -0.39 is 15.6 Å². The first-order chi connectivity index (χ1) is 12.1. The number of hydrogen-bond acceptors (Lipinski definition) is 5. The van der Waals surface area contributed by atoms with Gasteiger partial charge in [0, 0.05) is 19.5 Å². The summed E-state index contributed by atoms with van der Waals surface area (Å²) in [5.41, 5.74) is -0.498. The predicted molar refractivity (Wildman–Crippen MR) is 104 cm³/mol. The molecule has 0 spiro atoms. The van der Waals surface area contributed by atoms with Crippen LogP contribution in [0, 0.1) is 0 Å². The van der Waals surface area contributed by atoms with Crippen LogP contribution >= 0.6 is 11.3 Å². The lowest BCUT2D eigenvalue weighted by atomic mass is 9.90. The molecule has 0 aliphatic carbocycles. The van der Waals surface area contributed by atoms with Crippen LogP contribution in [0.15, 0.2) is 9.33 Å². The van der Waals surface area contributed by atoms with Gasteiger partial charge in [-0.15, -0.1) is 5.10 Å². The molecule has 0 radical (unpaired) electrons. The number of hydrogen-bond donors (Lipinski definition) is 1. The Morgan fingerprint density at radius 2 is 1.85 bits per heavy atom. The lowest BCUT2D eigenvalue weighted by molar-refractivity contribution is -0.116. The second kappa shape index (κ2) is 10.3. The highest BCUT2D eigenvalue weighted by atomic mass is 32.2. The van der Waals surface area contributed by atoms with Crippen molar-refractivity contribution in [3.8, 4) is 0 Å². The Kier molecular flexibility index (Phi) is 9.12. The van der Waals surface area contributed by atoms with Crippen molar-refractivity contribution in [1.82, 2.24) is 14.5 Å². The van der Waals surface area contributed by atoms with E-state index in [9.17, 15) is 13.2 Å². The van der Waals surface area contributed by atoms with Crippen LogP contribution in [0.1, 0.15) is 79.1 Å². The van der Waals surface area contributed by atoms with E-state index in [4.69, 9.17) is 0 Å². The molecule has 0 saturated carbocycles. The van der Waals surface area contributed by atoms with Gasteiger partial charge in [-0.2, -0.15) is 4.99 Å². The van der Waals surface area contributed by atoms with Gasteiger partial charge in [-0.1, -0.05) is 63.7 Å². The molecule has 1 atom stereocenters. The quantitative estimate of drug-likeness (QED) is 0.573. The van der Waals surface area contributed by atoms with Crippen molar-refractivity contribution in [3.63, 3.8) is 0 Å². The van der Waals surface area contributed by atoms with Crippen LogP contribution in [0.3, 0.4) is 0 Å². The molecule has 7 nitrogen and oxygen atoms in total. The number of nitrogens with zero attached hydrogens (tertiary/aromatic N) is 3. The summed E-state index contributed by atoms with van der Waals surface area (Å²) < 4.78 is 29.7. The Labute approximate surface area is 161 Å². The smallest absolute Gasteiger partial charge is 0.270 e. The molecule has 0 fully saturated rings. The fraction of sp³-hybridized carbons (Fsp3) is 0.824. The van der Waals surface area contributed by atoms with Gasteiger partial charge in [-0.3, -0.25) is 4.79 Å². The first kappa shape index (κ1) is 23.0. The zero-order valence-corrected chi connectivity index (χ0v) is 18.2. The average molecular weight is 405 g/mol. The lowest BCUT2D eigenvalue weighted by Gasteiger charge is -2.30. The van der Waals surface area contributed by atoms with Crippen LogP contribution < -0.4 is 9.52 Å². The minimum absolute atomic E-state index is 0.0617. The Morgan fingerprint density at radius 1 is 1.19 bits per heavy atom. The molecular formula is C17H32N4O3S2. The molecule has 0 aromatic carbocycles. The first-order valence-electron chi connectivity index (χ1n) is 9.27. The summed E-state index contributed by atoms with van der Waals surface area (Å²) in [5.74, 6) is -0.385. The molecule has 1 aromatic heterocycles. The maximum atomic E-state index is 12.8. The third-order valence-corrected chi connectivity index (χ3v) is 7.19. The van der Waals surface area contributed by atoms with Gasteiger partial charge in [0.25, 0.3) is 10.0 Å². The average Bonchev–Trinajstić information content (AvgIpc) is 2.88. The lowest BCUT2D eigenvalue weighted by Crippen LogP contribution is -2.45. The van der Waals surface area contributed by atoms with Gasteiger partial charge in [-0.25, -0.2) is 17.8 Å². The van der Waals surface area contributed by atoms with E-state index >= 15 is 0 Å². The van der Waals surface area contributed by atoms with Crippen LogP contribution in [0.25, 0.3) is 0 Å². The van der Waals surface area contributed by atoms with Crippen molar-refractivity contribution >= 4 is 27.3 Å². The molecular weight excluding hydrogens is 372 g/mol. The number of sulfonamides is 1. The predicted octanol–water partition coefficient (Wildman–Crippen LogP) is 3.13. The van der Waals surface area contributed by atoms with Gasteiger partial charge < -0.3 is 0 Å². The van der Waals surface area contributed by atoms with Gasteiger partial charge in [0.1, 0.15) is 0 Å². The van der Waals surface area contributed by atoms with Gasteiger partial charge in [0.2, 0.25) is 15.0 Å². The van der Waals surface area contributed by atoms with Crippen LogP contribution in [0.4, 0.5) is 0 Å². The number of nitrogens with one attached hydrogen (secondary N) is 1. The number of carbonyl (C=O) groups is 1. The standard InChI is InChI=1S/C17H32N4O3S2/c1-6-8-9-10-11-13-17(4,12-7-2)20-26(23,24)16-19-21(5)15(25-16)18-14(3)22/h20H,6-13H2,1-5H3/b18-15+. The normalized spacial score (nSPS) is 15.2. The number of aryl methyl sites for hydroxylation is 1. The molecule has 1 heterocycles. The highest BCUT2D eigenvalue weighted by Gasteiger charge is 2.31. The minimum atomic E-state index is -3.76. The Bertz CT molecular complexity index is 752. The highest BCUT2D eigenvalue weighted by molar-refractivity contribution is 7.91. The molecule has 0 bridgehead atoms. The third kappa shape index (κ3) is 7.28. The molecule has 1 amide bonds. The Hall–Kier alpha value is -1.06. The second-order valence-electron chi connectivity index (χ2n) is 6.99. The fourth-order valence-electron chi connectivity index (χ4n) is 2.93. The van der Waals surface area contributed by atoms with Gasteiger partial charge in [0.15, 0.2) is 0 Å². The van der Waals surface area contributed by atoms with Gasteiger partial charge in [-0.05, 0) is 19.8 Å². The van der Waals surface area contributed by atoms with Crippen molar-refractivity contribution < 1.29 is 13.2 Å². The summed E-state index contributed by atoms with van der Waals surface area (Å²) in [6.07, 6.45) is 8.16. The molecule has 0 aliphatic heterocycles. The van der Waals surface area contributed by atoms with Crippen LogP contribution in [-0.2, 0) is 21.9 Å². The summed E-state index contributed by atoms with van der Waals surface area (Å²) in [6, 6.07) is 0. The summed E-state index contributed by atoms with van der Waals surface area (Å²) in [6.45, 7) is 7.51. The first-order valence-corrected chi connectivity index (χ1v) is 11.6. The third-order valence-electron chi connectivity index (χ3n) is 4.18. The number of carbonyl (C=O) groups excluding carboxylic acids is 1. The Balaban J connectivity index is 2.93. The molecule has 1 N–H and O–H groups in total. The van der Waals surface area contributed by atoms with Crippen LogP contribution in [0.5, 0.6) is 0 Å². The van der Waals surface area contributed by atoms with Crippen molar-refractivity contribution in [3.05, 3.63) is 4.80 Å². The van der Waals surface area contributed by atoms with Crippen molar-refractivity contribution in [2.45, 2.75) is 88.9 Å². The number of unbranched alkanes of at least 4 members (excludes halogenated alkanes) is 4. The number of amides is 1. The van der Waals surface area contributed by atoms with Crippen LogP contribution in [-0.4, -0.2) is 29.6 Å². The van der Waals surface area contributed by atoms with Crippen molar-refractivity contribution in [2.75, 3.05) is 0 Å². The number of rotatable bonds is 11. The van der Waals surface area contributed by atoms with Crippen molar-refractivity contribution in [2.24, 2.45) is 12.0 Å². The topological polar surface area (TPSA) is 93.4 Å². The SMILES string of the molecule is CCCCCCCC(C)(CCC)NS(=O)(=O)c1nn(C)/c(=N\C(C)=O)s1. The molecule has 150 valence electrons. The molecule has 0 saturated heterocycles. The zero-order chi connectivity index (χ0) is 19.8. The van der Waals surface area contributed by atoms with Gasteiger partial charge >= 0.3 is 0 Å². The number of aromatic nitrogens is 2. The van der Waals surface area contributed by atoms with E-state index in [1.165, 1.54) is 30.9 Å². The molecule has 1 rings (SSSR count). The molecule has 0 aliphatic rings. The van der Waals surface area contributed by atoms with E-state index in [-0.39, 0.29) is 15.0 Å². The minimum Gasteiger partial charge on any atom is -0.273 e. The van der Waals surface area contributed by atoms with E-state index in [0.29, 0.717) is 0 Å². The van der Waals surface area contributed by atoms with E-state index in [0.717, 1.165) is 43.4 Å². The second-order valence-corrected chi connectivity index (χ2v) is 9.80. The Morgan fingerprint density at radius 3 is 2.42 bits per heavy atom.